The molecule has 0 saturated heterocycles. The topological polar surface area (TPSA) is 86.2 Å². The van der Waals surface area contributed by atoms with Crippen LogP contribution >= 0.6 is 0 Å². The van der Waals surface area contributed by atoms with Gasteiger partial charge in [-0.15, -0.1) is 0 Å². The number of hydrazine groups is 1. The molecule has 3 N–H and O–H groups in total. The fourth-order valence-electron chi connectivity index (χ4n) is 2.08. The molecule has 20 heavy (non-hydrogen) atoms. The molecule has 6 heteroatoms. The molecule has 1 aromatic carbocycles. The fraction of sp³-hybridized carbons (Fsp3) is 0.143. The second-order valence-corrected chi connectivity index (χ2v) is 4.27. The van der Waals surface area contributed by atoms with Crippen LogP contribution in [0.1, 0.15) is 17.5 Å². The minimum absolute atomic E-state index is 0.362. The molecule has 0 aliphatic rings. The van der Waals surface area contributed by atoms with E-state index in [0.717, 1.165) is 11.0 Å². The van der Waals surface area contributed by atoms with Crippen LogP contribution in [-0.4, -0.2) is 17.1 Å². The molecular formula is C14H14N4O2. The largest absolute Gasteiger partial charge is 0.481 e. The first-order chi connectivity index (χ1) is 9.81. The van der Waals surface area contributed by atoms with E-state index in [-0.39, 0.29) is 6.04 Å². The van der Waals surface area contributed by atoms with Crippen molar-refractivity contribution in [3.05, 3.63) is 54.2 Å². The van der Waals surface area contributed by atoms with Crippen LogP contribution in [0.4, 0.5) is 0 Å². The number of hydrogen-bond acceptors (Lipinski definition) is 6. The van der Waals surface area contributed by atoms with Gasteiger partial charge in [-0.05, 0) is 12.1 Å². The summed E-state index contributed by atoms with van der Waals surface area (Å²) in [5.41, 5.74) is 4.20. The monoisotopic (exact) mass is 270 g/mol. The number of nitrogens with one attached hydrogen (secondary N) is 1. The first-order valence-corrected chi connectivity index (χ1v) is 6.12. The quantitative estimate of drug-likeness (QED) is 0.555. The molecule has 1 unspecified atom stereocenters. The Morgan fingerprint density at radius 3 is 2.85 bits per heavy atom. The Morgan fingerprint density at radius 1 is 1.25 bits per heavy atom. The van der Waals surface area contributed by atoms with Crippen LogP contribution in [0.2, 0.25) is 0 Å². The third-order valence-electron chi connectivity index (χ3n) is 3.06. The van der Waals surface area contributed by atoms with E-state index >= 15 is 0 Å². The Kier molecular flexibility index (Phi) is 3.32. The number of nitrogens with zero attached hydrogens (tertiary/aromatic N) is 2. The molecule has 0 bridgehead atoms. The third-order valence-corrected chi connectivity index (χ3v) is 3.06. The average molecular weight is 270 g/mol. The molecule has 3 rings (SSSR count). The lowest BCUT2D eigenvalue weighted by atomic mass is 10.1. The van der Waals surface area contributed by atoms with Crippen molar-refractivity contribution in [3.63, 3.8) is 0 Å². The Morgan fingerprint density at radius 2 is 2.10 bits per heavy atom. The lowest BCUT2D eigenvalue weighted by Gasteiger charge is -2.12. The maximum atomic E-state index is 5.81. The molecular weight excluding hydrogens is 256 g/mol. The zero-order valence-electron chi connectivity index (χ0n) is 10.9. The first-order valence-electron chi connectivity index (χ1n) is 6.12. The predicted octanol–water partition coefficient (Wildman–Crippen LogP) is 1.78. The lowest BCUT2D eigenvalue weighted by Crippen LogP contribution is -2.29. The molecule has 2 aromatic heterocycles. The van der Waals surface area contributed by atoms with Crippen LogP contribution in [0.25, 0.3) is 11.0 Å². The van der Waals surface area contributed by atoms with Crippen molar-refractivity contribution in [1.82, 2.24) is 15.4 Å². The summed E-state index contributed by atoms with van der Waals surface area (Å²) in [6.07, 6.45) is 1.43. The van der Waals surface area contributed by atoms with Crippen LogP contribution in [0.15, 0.2) is 47.1 Å². The Hall–Kier alpha value is -2.44. The number of hydrogen-bond donors (Lipinski definition) is 2. The molecule has 0 saturated carbocycles. The van der Waals surface area contributed by atoms with Crippen LogP contribution in [0.3, 0.4) is 0 Å². The van der Waals surface area contributed by atoms with E-state index in [1.807, 2.05) is 30.3 Å². The molecule has 1 atom stereocenters. The maximum Gasteiger partial charge on any atom is 0.216 e. The molecule has 0 amide bonds. The highest BCUT2D eigenvalue weighted by molar-refractivity contribution is 5.77. The minimum atomic E-state index is -0.362. The second-order valence-electron chi connectivity index (χ2n) is 4.27. The Balaban J connectivity index is 2.03. The Labute approximate surface area is 115 Å². The van der Waals surface area contributed by atoms with Crippen molar-refractivity contribution < 1.29 is 9.15 Å². The van der Waals surface area contributed by atoms with Crippen molar-refractivity contribution in [2.45, 2.75) is 6.04 Å². The van der Waals surface area contributed by atoms with Gasteiger partial charge in [0.25, 0.3) is 0 Å². The highest BCUT2D eigenvalue weighted by Crippen LogP contribution is 2.27. The van der Waals surface area contributed by atoms with Crippen molar-refractivity contribution >= 4 is 11.0 Å². The number of furan rings is 1. The molecule has 6 nitrogen and oxygen atoms in total. The van der Waals surface area contributed by atoms with E-state index in [9.17, 15) is 0 Å². The number of methoxy groups -OCH3 is 1. The van der Waals surface area contributed by atoms with Crippen LogP contribution < -0.4 is 16.0 Å². The fourth-order valence-corrected chi connectivity index (χ4v) is 2.08. The number of benzene rings is 1. The van der Waals surface area contributed by atoms with Gasteiger partial charge in [0.2, 0.25) is 5.88 Å². The van der Waals surface area contributed by atoms with E-state index in [0.29, 0.717) is 17.3 Å². The van der Waals surface area contributed by atoms with Gasteiger partial charge in [-0.3, -0.25) is 5.84 Å². The highest BCUT2D eigenvalue weighted by atomic mass is 16.5. The molecule has 0 radical (unpaired) electrons. The van der Waals surface area contributed by atoms with E-state index in [1.165, 1.54) is 6.33 Å². The average Bonchev–Trinajstić information content (AvgIpc) is 2.91. The van der Waals surface area contributed by atoms with Gasteiger partial charge in [0.15, 0.2) is 0 Å². The lowest BCUT2D eigenvalue weighted by molar-refractivity contribution is 0.393. The van der Waals surface area contributed by atoms with Gasteiger partial charge < -0.3 is 9.15 Å². The number of ether oxygens (including phenoxy) is 1. The van der Waals surface area contributed by atoms with Crippen LogP contribution in [-0.2, 0) is 0 Å². The summed E-state index contributed by atoms with van der Waals surface area (Å²) in [6.45, 7) is 0. The molecule has 0 spiro atoms. The van der Waals surface area contributed by atoms with Gasteiger partial charge in [-0.2, -0.15) is 0 Å². The summed E-state index contributed by atoms with van der Waals surface area (Å²) in [4.78, 5) is 8.19. The number of fused-ring (bicyclic) bond motifs is 1. The first kappa shape index (κ1) is 12.6. The van der Waals surface area contributed by atoms with E-state index in [4.69, 9.17) is 15.0 Å². The van der Waals surface area contributed by atoms with E-state index in [1.54, 1.807) is 13.2 Å². The van der Waals surface area contributed by atoms with Gasteiger partial charge in [0.1, 0.15) is 23.7 Å². The number of para-hydroxylation sites is 1. The molecule has 2 heterocycles. The zero-order chi connectivity index (χ0) is 13.9. The van der Waals surface area contributed by atoms with Crippen molar-refractivity contribution in [2.75, 3.05) is 7.11 Å². The van der Waals surface area contributed by atoms with Gasteiger partial charge in [0.05, 0.1) is 12.8 Å². The summed E-state index contributed by atoms with van der Waals surface area (Å²) < 4.78 is 10.9. The molecule has 0 aliphatic heterocycles. The number of aromatic nitrogens is 2. The van der Waals surface area contributed by atoms with E-state index < -0.39 is 0 Å². The third kappa shape index (κ3) is 2.22. The second kappa shape index (κ2) is 5.28. The summed E-state index contributed by atoms with van der Waals surface area (Å²) >= 11 is 0. The van der Waals surface area contributed by atoms with E-state index in [2.05, 4.69) is 15.4 Å². The molecule has 0 fully saturated rings. The standard InChI is InChI=1S/C14H14N4O2/c1-19-13-7-10(16-8-17-13)14(18-15)12-6-9-4-2-3-5-11(9)20-12/h2-8,14,18H,15H2,1H3. The van der Waals surface area contributed by atoms with Crippen LogP contribution in [0, 0.1) is 0 Å². The van der Waals surface area contributed by atoms with Gasteiger partial charge in [-0.1, -0.05) is 18.2 Å². The molecule has 3 aromatic rings. The predicted molar refractivity (Wildman–Crippen MR) is 74.0 cm³/mol. The van der Waals surface area contributed by atoms with Crippen molar-refractivity contribution in [3.8, 4) is 5.88 Å². The SMILES string of the molecule is COc1cc(C(NN)c2cc3ccccc3o2)ncn1. The van der Waals surface area contributed by atoms with Gasteiger partial charge in [-0.25, -0.2) is 15.4 Å². The zero-order valence-corrected chi connectivity index (χ0v) is 10.9. The van der Waals surface area contributed by atoms with Crippen molar-refractivity contribution in [1.29, 1.82) is 0 Å². The maximum absolute atomic E-state index is 5.81. The number of nitrogens with two attached hydrogens (primary N) is 1. The summed E-state index contributed by atoms with van der Waals surface area (Å²) in [7, 11) is 1.55. The van der Waals surface area contributed by atoms with Crippen molar-refractivity contribution in [2.24, 2.45) is 5.84 Å². The molecule has 0 aliphatic carbocycles. The van der Waals surface area contributed by atoms with Crippen LogP contribution in [0.5, 0.6) is 5.88 Å². The van der Waals surface area contributed by atoms with Gasteiger partial charge in [0, 0.05) is 11.5 Å². The van der Waals surface area contributed by atoms with Gasteiger partial charge >= 0.3 is 0 Å². The number of rotatable bonds is 4. The summed E-state index contributed by atoms with van der Waals surface area (Å²) in [6, 6.07) is 11.1. The Bertz CT molecular complexity index is 693. The highest BCUT2D eigenvalue weighted by Gasteiger charge is 2.19. The normalized spacial score (nSPS) is 12.5. The summed E-state index contributed by atoms with van der Waals surface area (Å²) in [5, 5.41) is 1.02. The minimum Gasteiger partial charge on any atom is -0.481 e. The molecule has 102 valence electrons. The summed E-state index contributed by atoms with van der Waals surface area (Å²) in [5.74, 6) is 6.81. The smallest absolute Gasteiger partial charge is 0.216 e.